The molecule has 2 aromatic rings. The predicted octanol–water partition coefficient (Wildman–Crippen LogP) is 3.16. The molecule has 0 radical (unpaired) electrons. The molecule has 9 heteroatoms. The molecule has 0 bridgehead atoms. The van der Waals surface area contributed by atoms with Gasteiger partial charge in [-0.15, -0.1) is 0 Å². The van der Waals surface area contributed by atoms with E-state index in [1.165, 1.54) is 12.7 Å². The molecule has 22 heavy (non-hydrogen) atoms. The van der Waals surface area contributed by atoms with Gasteiger partial charge in [-0.2, -0.15) is 10.5 Å². The van der Waals surface area contributed by atoms with Gasteiger partial charge in [0.2, 0.25) is 5.95 Å². The second-order valence-corrected chi connectivity index (χ2v) is 5.39. The lowest BCUT2D eigenvalue weighted by molar-refractivity contribution is 0.334. The van der Waals surface area contributed by atoms with E-state index in [9.17, 15) is 0 Å². The molecule has 1 aromatic heterocycles. The van der Waals surface area contributed by atoms with Gasteiger partial charge < -0.3 is 10.1 Å². The molecule has 0 aliphatic carbocycles. The topological polar surface area (TPSA) is 108 Å². The number of aromatic nitrogens is 3. The van der Waals surface area contributed by atoms with Crippen molar-refractivity contribution in [3.8, 4) is 16.6 Å². The van der Waals surface area contributed by atoms with Crippen molar-refractivity contribution in [2.24, 2.45) is 0 Å². The zero-order chi connectivity index (χ0) is 15.8. The van der Waals surface area contributed by atoms with Gasteiger partial charge in [-0.3, -0.25) is 0 Å². The highest BCUT2D eigenvalue weighted by Crippen LogP contribution is 2.40. The summed E-state index contributed by atoms with van der Waals surface area (Å²) < 4.78 is 5.63. The van der Waals surface area contributed by atoms with Gasteiger partial charge in [-0.05, 0) is 42.6 Å². The van der Waals surface area contributed by atoms with E-state index >= 15 is 0 Å². The lowest BCUT2D eigenvalue weighted by Gasteiger charge is -2.15. The summed E-state index contributed by atoms with van der Waals surface area (Å²) in [5.74, 6) is 0.875. The van der Waals surface area contributed by atoms with Crippen molar-refractivity contribution in [1.29, 1.82) is 10.5 Å². The van der Waals surface area contributed by atoms with Crippen molar-refractivity contribution >= 4 is 35.2 Å². The molecule has 0 fully saturated rings. The Bertz CT molecular complexity index is 726. The Morgan fingerprint density at radius 2 is 1.91 bits per heavy atom. The van der Waals surface area contributed by atoms with E-state index in [0.717, 1.165) is 23.5 Å². The lowest BCUT2D eigenvalue weighted by atomic mass is 10.3. The molecule has 0 saturated heterocycles. The molecule has 0 aliphatic heterocycles. The Kier molecular flexibility index (Phi) is 5.83. The van der Waals surface area contributed by atoms with Crippen LogP contribution < -0.4 is 10.1 Å². The molecule has 0 unspecified atom stereocenters. The number of ether oxygens (including phenoxy) is 1. The number of anilines is 2. The number of nitrogens with one attached hydrogen (secondary N) is 1. The van der Waals surface area contributed by atoms with Crippen molar-refractivity contribution in [2.75, 3.05) is 11.9 Å². The maximum atomic E-state index is 8.95. The maximum Gasteiger partial charge on any atom is 0.230 e. The number of nitrogens with zero attached hydrogens (tertiary/aromatic N) is 5. The van der Waals surface area contributed by atoms with Gasteiger partial charge >= 0.3 is 0 Å². The van der Waals surface area contributed by atoms with Crippen LogP contribution in [0.25, 0.3) is 0 Å². The fraction of sp³-hybridized carbons (Fsp3) is 0.154. The molecule has 1 heterocycles. The summed E-state index contributed by atoms with van der Waals surface area (Å²) in [6.07, 6.45) is 2.74. The van der Waals surface area contributed by atoms with E-state index in [1.54, 1.807) is 12.1 Å². The molecule has 110 valence electrons. The minimum Gasteiger partial charge on any atom is -0.490 e. The molecule has 0 spiro atoms. The molecule has 0 amide bonds. The highest BCUT2D eigenvalue weighted by Gasteiger charge is 2.14. The summed E-state index contributed by atoms with van der Waals surface area (Å²) in [7, 11) is 0. The summed E-state index contributed by atoms with van der Waals surface area (Å²) in [4.78, 5) is 13.1. The third kappa shape index (κ3) is 4.01. The van der Waals surface area contributed by atoms with Crippen LogP contribution in [0.5, 0.6) is 5.75 Å². The third-order valence-electron chi connectivity index (χ3n) is 2.38. The van der Waals surface area contributed by atoms with Crippen LogP contribution in [0, 0.1) is 21.3 Å². The van der Waals surface area contributed by atoms with E-state index in [-0.39, 0.29) is 0 Å². The summed E-state index contributed by atoms with van der Waals surface area (Å²) in [5.41, 5.74) is 0.589. The van der Waals surface area contributed by atoms with E-state index in [1.807, 2.05) is 17.7 Å². The van der Waals surface area contributed by atoms with Crippen molar-refractivity contribution in [1.82, 2.24) is 15.0 Å². The maximum absolute atomic E-state index is 8.95. The SMILES string of the molecule is CCOc1c(Nc2ncncn2)cc(SC#N)cc1SC#N. The summed E-state index contributed by atoms with van der Waals surface area (Å²) in [6.45, 7) is 2.29. The molecule has 0 atom stereocenters. The fourth-order valence-electron chi connectivity index (χ4n) is 1.62. The quantitative estimate of drug-likeness (QED) is 0.631. The van der Waals surface area contributed by atoms with Crippen molar-refractivity contribution in [3.05, 3.63) is 24.8 Å². The van der Waals surface area contributed by atoms with Gasteiger partial charge in [0.25, 0.3) is 0 Å². The second kappa shape index (κ2) is 8.08. The Morgan fingerprint density at radius 3 is 2.55 bits per heavy atom. The number of rotatable bonds is 6. The van der Waals surface area contributed by atoms with Crippen LogP contribution in [0.3, 0.4) is 0 Å². The molecule has 0 aliphatic rings. The van der Waals surface area contributed by atoms with E-state index < -0.39 is 0 Å². The van der Waals surface area contributed by atoms with Gasteiger partial charge in [-0.1, -0.05) is 0 Å². The third-order valence-corrected chi connectivity index (χ3v) is 3.55. The van der Waals surface area contributed by atoms with Crippen molar-refractivity contribution in [3.63, 3.8) is 0 Å². The molecule has 2 rings (SSSR count). The monoisotopic (exact) mass is 330 g/mol. The summed E-state index contributed by atoms with van der Waals surface area (Å²) >= 11 is 1.97. The Balaban J connectivity index is 2.48. The van der Waals surface area contributed by atoms with Crippen LogP contribution in [0.1, 0.15) is 6.92 Å². The molecular weight excluding hydrogens is 320 g/mol. The van der Waals surface area contributed by atoms with E-state index in [0.29, 0.717) is 33.8 Å². The highest BCUT2D eigenvalue weighted by atomic mass is 32.2. The van der Waals surface area contributed by atoms with Gasteiger partial charge in [0.15, 0.2) is 5.75 Å². The van der Waals surface area contributed by atoms with Gasteiger partial charge in [0, 0.05) is 4.90 Å². The standard InChI is InChI=1S/C13H10N6OS2/c1-2-20-12-10(19-13-17-7-16-8-18-13)3-9(21-5-14)4-11(12)22-6-15/h3-4,7-8H,2H2,1H3,(H,16,17,18,19). The number of thioether (sulfide) groups is 2. The smallest absolute Gasteiger partial charge is 0.230 e. The first-order valence-corrected chi connectivity index (χ1v) is 7.73. The number of thiocyanates is 2. The zero-order valence-corrected chi connectivity index (χ0v) is 13.1. The van der Waals surface area contributed by atoms with Gasteiger partial charge in [0.05, 0.1) is 17.2 Å². The number of hydrogen-bond donors (Lipinski definition) is 1. The molecule has 0 saturated carbocycles. The average molecular weight is 330 g/mol. The average Bonchev–Trinajstić information content (AvgIpc) is 2.52. The van der Waals surface area contributed by atoms with Gasteiger partial charge in [0.1, 0.15) is 23.5 Å². The van der Waals surface area contributed by atoms with Crippen LogP contribution in [-0.4, -0.2) is 21.6 Å². The first kappa shape index (κ1) is 15.9. The van der Waals surface area contributed by atoms with Crippen LogP contribution in [0.15, 0.2) is 34.6 Å². The van der Waals surface area contributed by atoms with Gasteiger partial charge in [-0.25, -0.2) is 15.0 Å². The first-order chi connectivity index (χ1) is 10.8. The van der Waals surface area contributed by atoms with Crippen molar-refractivity contribution in [2.45, 2.75) is 16.7 Å². The number of hydrogen-bond acceptors (Lipinski definition) is 9. The Hall–Kier alpha value is -2.49. The number of benzene rings is 1. The summed E-state index contributed by atoms with van der Waals surface area (Å²) in [5, 5.41) is 24.8. The second-order valence-electron chi connectivity index (χ2n) is 3.70. The molecule has 7 nitrogen and oxygen atoms in total. The predicted molar refractivity (Wildman–Crippen MR) is 83.7 cm³/mol. The van der Waals surface area contributed by atoms with Crippen LogP contribution in [0.2, 0.25) is 0 Å². The number of nitriles is 2. The summed E-state index contributed by atoms with van der Waals surface area (Å²) in [6, 6.07) is 3.50. The largest absolute Gasteiger partial charge is 0.490 e. The lowest BCUT2D eigenvalue weighted by Crippen LogP contribution is -2.02. The van der Waals surface area contributed by atoms with Crippen LogP contribution >= 0.6 is 23.5 Å². The zero-order valence-electron chi connectivity index (χ0n) is 11.5. The van der Waals surface area contributed by atoms with E-state index in [4.69, 9.17) is 15.3 Å². The van der Waals surface area contributed by atoms with Crippen molar-refractivity contribution < 1.29 is 4.74 Å². The minimum absolute atomic E-state index is 0.350. The Labute approximate surface area is 135 Å². The molecule has 1 aromatic carbocycles. The minimum atomic E-state index is 0.350. The highest BCUT2D eigenvalue weighted by molar-refractivity contribution is 8.04. The van der Waals surface area contributed by atoms with E-state index in [2.05, 4.69) is 20.3 Å². The normalized spacial score (nSPS) is 9.59. The fourth-order valence-corrected chi connectivity index (χ4v) is 2.70. The molecule has 1 N–H and O–H groups in total. The first-order valence-electron chi connectivity index (χ1n) is 6.10. The Morgan fingerprint density at radius 1 is 1.18 bits per heavy atom. The van der Waals surface area contributed by atoms with Crippen LogP contribution in [-0.2, 0) is 0 Å². The van der Waals surface area contributed by atoms with Crippen LogP contribution in [0.4, 0.5) is 11.6 Å². The molecular formula is C13H10N6OS2.